The highest BCUT2D eigenvalue weighted by Crippen LogP contribution is 2.18. The number of primary amides is 1. The fourth-order valence-electron chi connectivity index (χ4n) is 2.64. The third kappa shape index (κ3) is 3.44. The number of carbonyl (C=O) groups is 1. The second kappa shape index (κ2) is 6.02. The Morgan fingerprint density at radius 2 is 2.37 bits per heavy atom. The van der Waals surface area contributed by atoms with Crippen LogP contribution in [0.4, 0.5) is 5.82 Å². The summed E-state index contributed by atoms with van der Waals surface area (Å²) in [5, 5.41) is 6.70. The highest BCUT2D eigenvalue weighted by atomic mass is 16.1. The average Bonchev–Trinajstić information content (AvgIpc) is 2.80. The number of anilines is 1. The van der Waals surface area contributed by atoms with Crippen molar-refractivity contribution in [2.75, 3.05) is 18.4 Å². The van der Waals surface area contributed by atoms with Gasteiger partial charge in [-0.25, -0.2) is 4.98 Å². The molecule has 0 unspecified atom stereocenters. The van der Waals surface area contributed by atoms with Gasteiger partial charge < -0.3 is 16.4 Å². The van der Waals surface area contributed by atoms with Gasteiger partial charge in [0, 0.05) is 18.3 Å². The first kappa shape index (κ1) is 13.8. The van der Waals surface area contributed by atoms with Gasteiger partial charge in [0.1, 0.15) is 5.82 Å². The lowest BCUT2D eigenvalue weighted by Gasteiger charge is -2.14. The number of aryl methyl sites for hydroxylation is 2. The number of amides is 1. The summed E-state index contributed by atoms with van der Waals surface area (Å²) in [6, 6.07) is 2.46. The SMILES string of the molecule is Cc1cc(C)c(C(N)=O)c(NCC[C@H]2CCCN2)n1. The van der Waals surface area contributed by atoms with E-state index < -0.39 is 5.91 Å². The monoisotopic (exact) mass is 262 g/mol. The first-order valence-corrected chi connectivity index (χ1v) is 6.83. The average molecular weight is 262 g/mol. The Balaban J connectivity index is 2.03. The van der Waals surface area contributed by atoms with Gasteiger partial charge in [0.25, 0.3) is 5.91 Å². The van der Waals surface area contributed by atoms with Crippen LogP contribution in [-0.4, -0.2) is 30.0 Å². The van der Waals surface area contributed by atoms with Gasteiger partial charge in [0.2, 0.25) is 0 Å². The molecular weight excluding hydrogens is 240 g/mol. The third-order valence-corrected chi connectivity index (χ3v) is 3.54. The van der Waals surface area contributed by atoms with E-state index in [0.29, 0.717) is 17.4 Å². The number of hydrogen-bond acceptors (Lipinski definition) is 4. The molecule has 1 aromatic heterocycles. The zero-order chi connectivity index (χ0) is 13.8. The van der Waals surface area contributed by atoms with Gasteiger partial charge in [-0.3, -0.25) is 4.79 Å². The summed E-state index contributed by atoms with van der Waals surface area (Å²) in [6.07, 6.45) is 3.51. The number of nitrogens with zero attached hydrogens (tertiary/aromatic N) is 1. The van der Waals surface area contributed by atoms with Crippen LogP contribution in [0.2, 0.25) is 0 Å². The third-order valence-electron chi connectivity index (χ3n) is 3.54. The van der Waals surface area contributed by atoms with Crippen LogP contribution in [0, 0.1) is 13.8 Å². The maximum Gasteiger partial charge on any atom is 0.252 e. The van der Waals surface area contributed by atoms with Crippen molar-refractivity contribution in [3.05, 3.63) is 22.9 Å². The number of nitrogens with one attached hydrogen (secondary N) is 2. The molecule has 1 saturated heterocycles. The molecule has 0 saturated carbocycles. The van der Waals surface area contributed by atoms with E-state index in [1.54, 1.807) is 0 Å². The van der Waals surface area contributed by atoms with Gasteiger partial charge in [0.05, 0.1) is 5.56 Å². The second-order valence-corrected chi connectivity index (χ2v) is 5.18. The molecule has 1 amide bonds. The number of hydrogen-bond donors (Lipinski definition) is 3. The molecule has 0 bridgehead atoms. The molecule has 1 aliphatic rings. The molecular formula is C14H22N4O. The van der Waals surface area contributed by atoms with Crippen molar-refractivity contribution >= 4 is 11.7 Å². The van der Waals surface area contributed by atoms with Crippen LogP contribution >= 0.6 is 0 Å². The van der Waals surface area contributed by atoms with E-state index in [2.05, 4.69) is 15.6 Å². The van der Waals surface area contributed by atoms with Gasteiger partial charge in [-0.05, 0) is 51.3 Å². The standard InChI is InChI=1S/C14H22N4O/c1-9-8-10(2)18-14(12(9)13(15)19)17-7-5-11-4-3-6-16-11/h8,11,16H,3-7H2,1-2H3,(H2,15,19)(H,17,18)/t11-/m1/s1. The van der Waals surface area contributed by atoms with Crippen LogP contribution in [0.25, 0.3) is 0 Å². The molecule has 5 heteroatoms. The molecule has 0 aromatic carbocycles. The number of nitrogens with two attached hydrogens (primary N) is 1. The Labute approximate surface area is 114 Å². The van der Waals surface area contributed by atoms with E-state index in [0.717, 1.165) is 30.8 Å². The molecule has 2 heterocycles. The molecule has 4 N–H and O–H groups in total. The fraction of sp³-hybridized carbons (Fsp3) is 0.571. The number of rotatable bonds is 5. The molecule has 1 atom stereocenters. The van der Waals surface area contributed by atoms with Gasteiger partial charge >= 0.3 is 0 Å². The van der Waals surface area contributed by atoms with Gasteiger partial charge in [-0.2, -0.15) is 0 Å². The zero-order valence-electron chi connectivity index (χ0n) is 11.6. The highest BCUT2D eigenvalue weighted by Gasteiger charge is 2.16. The quantitative estimate of drug-likeness (QED) is 0.748. The Morgan fingerprint density at radius 3 is 3.00 bits per heavy atom. The van der Waals surface area contributed by atoms with Gasteiger partial charge in [-0.1, -0.05) is 0 Å². The molecule has 1 fully saturated rings. The van der Waals surface area contributed by atoms with Crippen LogP contribution in [0.5, 0.6) is 0 Å². The molecule has 5 nitrogen and oxygen atoms in total. The molecule has 0 aliphatic carbocycles. The number of aromatic nitrogens is 1. The number of carbonyl (C=O) groups excluding carboxylic acids is 1. The van der Waals surface area contributed by atoms with E-state index in [1.807, 2.05) is 19.9 Å². The summed E-state index contributed by atoms with van der Waals surface area (Å²) >= 11 is 0. The first-order valence-electron chi connectivity index (χ1n) is 6.83. The van der Waals surface area contributed by atoms with Crippen molar-refractivity contribution in [2.24, 2.45) is 5.73 Å². The summed E-state index contributed by atoms with van der Waals surface area (Å²) in [5.74, 6) is 0.189. The summed E-state index contributed by atoms with van der Waals surface area (Å²) in [6.45, 7) is 5.72. The summed E-state index contributed by atoms with van der Waals surface area (Å²) in [5.41, 5.74) is 7.70. The summed E-state index contributed by atoms with van der Waals surface area (Å²) < 4.78 is 0. The predicted molar refractivity (Wildman–Crippen MR) is 76.4 cm³/mol. The fourth-order valence-corrected chi connectivity index (χ4v) is 2.64. The Kier molecular flexibility index (Phi) is 4.37. The van der Waals surface area contributed by atoms with Crippen molar-refractivity contribution in [3.63, 3.8) is 0 Å². The predicted octanol–water partition coefficient (Wildman–Crippen LogP) is 1.35. The van der Waals surface area contributed by atoms with Crippen LogP contribution in [0.1, 0.15) is 40.9 Å². The van der Waals surface area contributed by atoms with E-state index in [9.17, 15) is 4.79 Å². The Hall–Kier alpha value is -1.62. The molecule has 0 radical (unpaired) electrons. The van der Waals surface area contributed by atoms with Crippen LogP contribution in [0.3, 0.4) is 0 Å². The van der Waals surface area contributed by atoms with Crippen molar-refractivity contribution in [3.8, 4) is 0 Å². The summed E-state index contributed by atoms with van der Waals surface area (Å²) in [4.78, 5) is 15.9. The first-order chi connectivity index (χ1) is 9.08. The van der Waals surface area contributed by atoms with Gasteiger partial charge in [-0.15, -0.1) is 0 Å². The topological polar surface area (TPSA) is 80.0 Å². The Bertz CT molecular complexity index is 467. The van der Waals surface area contributed by atoms with Crippen molar-refractivity contribution in [1.82, 2.24) is 10.3 Å². The molecule has 1 aromatic rings. The minimum atomic E-state index is -0.425. The largest absolute Gasteiger partial charge is 0.369 e. The molecule has 2 rings (SSSR count). The zero-order valence-corrected chi connectivity index (χ0v) is 11.6. The van der Waals surface area contributed by atoms with Crippen molar-refractivity contribution in [1.29, 1.82) is 0 Å². The maximum absolute atomic E-state index is 11.5. The Morgan fingerprint density at radius 1 is 1.58 bits per heavy atom. The maximum atomic E-state index is 11.5. The lowest BCUT2D eigenvalue weighted by atomic mass is 10.1. The molecule has 0 spiro atoms. The van der Waals surface area contributed by atoms with Gasteiger partial charge in [0.15, 0.2) is 0 Å². The van der Waals surface area contributed by atoms with E-state index in [-0.39, 0.29) is 0 Å². The van der Waals surface area contributed by atoms with Crippen molar-refractivity contribution in [2.45, 2.75) is 39.2 Å². The number of pyridine rings is 1. The van der Waals surface area contributed by atoms with Crippen LogP contribution < -0.4 is 16.4 Å². The molecule has 19 heavy (non-hydrogen) atoms. The van der Waals surface area contributed by atoms with E-state index in [1.165, 1.54) is 12.8 Å². The molecule has 1 aliphatic heterocycles. The lowest BCUT2D eigenvalue weighted by molar-refractivity contribution is 0.1000. The smallest absolute Gasteiger partial charge is 0.252 e. The lowest BCUT2D eigenvalue weighted by Crippen LogP contribution is -2.25. The highest BCUT2D eigenvalue weighted by molar-refractivity contribution is 5.99. The minimum Gasteiger partial charge on any atom is -0.369 e. The minimum absolute atomic E-state index is 0.425. The van der Waals surface area contributed by atoms with Crippen molar-refractivity contribution < 1.29 is 4.79 Å². The van der Waals surface area contributed by atoms with Crippen LogP contribution in [-0.2, 0) is 0 Å². The van der Waals surface area contributed by atoms with Crippen LogP contribution in [0.15, 0.2) is 6.07 Å². The van der Waals surface area contributed by atoms with E-state index in [4.69, 9.17) is 5.73 Å². The normalized spacial score (nSPS) is 18.5. The summed E-state index contributed by atoms with van der Waals surface area (Å²) in [7, 11) is 0. The molecule has 104 valence electrons. The second-order valence-electron chi connectivity index (χ2n) is 5.18. The van der Waals surface area contributed by atoms with E-state index >= 15 is 0 Å².